The number of nitrogens with two attached hydrogens (primary N) is 1. The molecule has 0 aliphatic carbocycles. The molecule has 12 heteroatoms. The topological polar surface area (TPSA) is 160 Å². The molecule has 0 saturated heterocycles. The molecule has 48 heavy (non-hydrogen) atoms. The first-order chi connectivity index (χ1) is 23.1. The monoisotopic (exact) mass is 644 g/mol. The van der Waals surface area contributed by atoms with Crippen molar-refractivity contribution in [1.29, 1.82) is 0 Å². The van der Waals surface area contributed by atoms with Gasteiger partial charge < -0.3 is 14.2 Å². The zero-order valence-corrected chi connectivity index (χ0v) is 25.7. The van der Waals surface area contributed by atoms with Gasteiger partial charge in [-0.3, -0.25) is 30.0 Å². The highest BCUT2D eigenvalue weighted by Crippen LogP contribution is 2.57. The van der Waals surface area contributed by atoms with Crippen molar-refractivity contribution in [3.8, 4) is 23.0 Å². The summed E-state index contributed by atoms with van der Waals surface area (Å²) in [5.41, 5.74) is 1.68. The molecule has 240 valence electrons. The molecule has 0 radical (unpaired) electrons. The van der Waals surface area contributed by atoms with E-state index in [-0.39, 0.29) is 17.3 Å². The van der Waals surface area contributed by atoms with Crippen molar-refractivity contribution in [2.75, 3.05) is 0 Å². The summed E-state index contributed by atoms with van der Waals surface area (Å²) < 4.78 is 18.9. The molecule has 5 aromatic carbocycles. The Balaban J connectivity index is 1.32. The Labute approximate surface area is 274 Å². The number of nitro benzene ring substituents is 2. The quantitative estimate of drug-likeness (QED) is 0.0780. The van der Waals surface area contributed by atoms with Gasteiger partial charge in [0.05, 0.1) is 21.0 Å². The molecular weight excluding hydrogens is 616 g/mol. The number of ether oxygens (including phenoxy) is 3. The summed E-state index contributed by atoms with van der Waals surface area (Å²) in [5.74, 6) is 7.75. The minimum absolute atomic E-state index is 0.0606. The standard InChI is InChI=1S/C36H28N4O8/c1-21(25-9-4-7-13-31(25)39(42)43)46-23-15-17-29-33(19-23)48-34-20-24(47-22(2)26-10-5-8-14-32(26)40(44)45)16-18-30(34)36(29)28-12-6-3-11-27(28)35(41)38(36)37/h3-22H,37H2,1-2H3. The maximum absolute atomic E-state index is 13.6. The second kappa shape index (κ2) is 11.5. The molecule has 2 aliphatic heterocycles. The molecule has 1 spiro atoms. The van der Waals surface area contributed by atoms with E-state index in [1.54, 1.807) is 98.8 Å². The fourth-order valence-electron chi connectivity index (χ4n) is 6.66. The number of benzene rings is 5. The van der Waals surface area contributed by atoms with Crippen LogP contribution in [-0.2, 0) is 5.54 Å². The third-order valence-electron chi connectivity index (χ3n) is 8.80. The number of rotatable bonds is 8. The van der Waals surface area contributed by atoms with Crippen LogP contribution < -0.4 is 20.1 Å². The van der Waals surface area contributed by atoms with Crippen molar-refractivity contribution in [1.82, 2.24) is 5.01 Å². The number of hydrazine groups is 1. The van der Waals surface area contributed by atoms with E-state index in [9.17, 15) is 25.0 Å². The van der Waals surface area contributed by atoms with E-state index in [1.165, 1.54) is 17.1 Å². The third-order valence-corrected chi connectivity index (χ3v) is 8.80. The summed E-state index contributed by atoms with van der Waals surface area (Å²) in [6, 6.07) is 30.2. The van der Waals surface area contributed by atoms with E-state index < -0.39 is 27.6 Å². The van der Waals surface area contributed by atoms with Crippen molar-refractivity contribution < 1.29 is 28.9 Å². The maximum Gasteiger partial charge on any atom is 0.276 e. The van der Waals surface area contributed by atoms with E-state index in [1.807, 2.05) is 12.1 Å². The maximum atomic E-state index is 13.6. The van der Waals surface area contributed by atoms with E-state index >= 15 is 0 Å². The van der Waals surface area contributed by atoms with Gasteiger partial charge in [0.2, 0.25) is 0 Å². The second-order valence-electron chi connectivity index (χ2n) is 11.5. The highest BCUT2D eigenvalue weighted by molar-refractivity contribution is 6.02. The number of fused-ring (bicyclic) bond motifs is 6. The van der Waals surface area contributed by atoms with Gasteiger partial charge in [0.15, 0.2) is 0 Å². The molecule has 1 amide bonds. The molecule has 0 saturated carbocycles. The van der Waals surface area contributed by atoms with Gasteiger partial charge in [0.1, 0.15) is 40.7 Å². The van der Waals surface area contributed by atoms with Gasteiger partial charge in [-0.2, -0.15) is 0 Å². The number of nitrogens with zero attached hydrogens (tertiary/aromatic N) is 3. The summed E-state index contributed by atoms with van der Waals surface area (Å²) in [4.78, 5) is 36.0. The van der Waals surface area contributed by atoms with Crippen molar-refractivity contribution in [3.63, 3.8) is 0 Å². The Hall–Kier alpha value is -6.27. The Bertz CT molecular complexity index is 2020. The van der Waals surface area contributed by atoms with Crippen LogP contribution in [0.25, 0.3) is 0 Å². The van der Waals surface area contributed by atoms with Gasteiger partial charge in [-0.15, -0.1) is 0 Å². The predicted molar refractivity (Wildman–Crippen MR) is 174 cm³/mol. The zero-order chi connectivity index (χ0) is 33.7. The van der Waals surface area contributed by atoms with Gasteiger partial charge in [-0.25, -0.2) is 5.84 Å². The number of para-hydroxylation sites is 2. The highest BCUT2D eigenvalue weighted by atomic mass is 16.6. The number of hydrogen-bond donors (Lipinski definition) is 1. The van der Waals surface area contributed by atoms with E-state index in [0.717, 1.165) is 0 Å². The van der Waals surface area contributed by atoms with Crippen molar-refractivity contribution in [2.45, 2.75) is 31.6 Å². The van der Waals surface area contributed by atoms with Crippen LogP contribution in [0.4, 0.5) is 11.4 Å². The van der Waals surface area contributed by atoms with Crippen LogP contribution in [0.5, 0.6) is 23.0 Å². The molecule has 2 aliphatic rings. The fourth-order valence-corrected chi connectivity index (χ4v) is 6.66. The Morgan fingerprint density at radius 3 is 1.65 bits per heavy atom. The Morgan fingerprint density at radius 1 is 0.688 bits per heavy atom. The van der Waals surface area contributed by atoms with E-state index in [2.05, 4.69) is 0 Å². The van der Waals surface area contributed by atoms with Crippen molar-refractivity contribution in [3.05, 3.63) is 163 Å². The molecule has 2 N–H and O–H groups in total. The highest BCUT2D eigenvalue weighted by Gasteiger charge is 2.55. The lowest BCUT2D eigenvalue weighted by Gasteiger charge is -2.42. The Kier molecular flexibility index (Phi) is 7.29. The smallest absolute Gasteiger partial charge is 0.276 e. The summed E-state index contributed by atoms with van der Waals surface area (Å²) >= 11 is 0. The molecule has 5 aromatic rings. The minimum Gasteiger partial charge on any atom is -0.486 e. The SMILES string of the molecule is CC(Oc1ccc2c(c1)Oc1cc(OC(C)c3ccccc3[N+](=O)[O-])ccc1C21c2ccccc2C(=O)N1N)c1ccccc1[N+](=O)[O-]. The van der Waals surface area contributed by atoms with Crippen LogP contribution in [0.1, 0.15) is 64.2 Å². The van der Waals surface area contributed by atoms with Crippen LogP contribution in [-0.4, -0.2) is 20.8 Å². The first-order valence-electron chi connectivity index (χ1n) is 15.1. The lowest BCUT2D eigenvalue weighted by molar-refractivity contribution is -0.386. The fraction of sp³-hybridized carbons (Fsp3) is 0.139. The van der Waals surface area contributed by atoms with Crippen LogP contribution in [0.3, 0.4) is 0 Å². The summed E-state index contributed by atoms with van der Waals surface area (Å²) in [6.45, 7) is 3.43. The minimum atomic E-state index is -1.28. The number of carbonyl (C=O) groups excluding carboxylic acids is 1. The number of hydrogen-bond acceptors (Lipinski definition) is 9. The van der Waals surface area contributed by atoms with Crippen LogP contribution in [0.2, 0.25) is 0 Å². The molecule has 2 atom stereocenters. The molecular formula is C36H28N4O8. The molecule has 0 aromatic heterocycles. The van der Waals surface area contributed by atoms with Crippen molar-refractivity contribution >= 4 is 17.3 Å². The number of carbonyl (C=O) groups is 1. The van der Waals surface area contributed by atoms with Gasteiger partial charge in [0, 0.05) is 46.5 Å². The first kappa shape index (κ1) is 30.4. The van der Waals surface area contributed by atoms with Crippen LogP contribution in [0.15, 0.2) is 109 Å². The molecule has 2 unspecified atom stereocenters. The Morgan fingerprint density at radius 2 is 1.15 bits per heavy atom. The number of amides is 1. The average molecular weight is 645 g/mol. The second-order valence-corrected chi connectivity index (χ2v) is 11.5. The van der Waals surface area contributed by atoms with E-state index in [0.29, 0.717) is 56.4 Å². The first-order valence-corrected chi connectivity index (χ1v) is 15.1. The molecule has 12 nitrogen and oxygen atoms in total. The average Bonchev–Trinajstić information content (AvgIpc) is 3.30. The predicted octanol–water partition coefficient (Wildman–Crippen LogP) is 7.51. The zero-order valence-electron chi connectivity index (χ0n) is 25.7. The largest absolute Gasteiger partial charge is 0.486 e. The lowest BCUT2D eigenvalue weighted by Crippen LogP contribution is -2.51. The van der Waals surface area contributed by atoms with E-state index in [4.69, 9.17) is 20.1 Å². The summed E-state index contributed by atoms with van der Waals surface area (Å²) in [6.07, 6.45) is -1.37. The summed E-state index contributed by atoms with van der Waals surface area (Å²) in [7, 11) is 0. The lowest BCUT2D eigenvalue weighted by atomic mass is 9.75. The normalized spacial score (nSPS) is 17.1. The van der Waals surface area contributed by atoms with Gasteiger partial charge in [-0.05, 0) is 56.3 Å². The molecule has 7 rings (SSSR count). The molecule has 0 fully saturated rings. The number of nitro groups is 2. The van der Waals surface area contributed by atoms with Crippen molar-refractivity contribution in [2.24, 2.45) is 5.84 Å². The third kappa shape index (κ3) is 4.69. The molecule has 0 bridgehead atoms. The van der Waals surface area contributed by atoms with Gasteiger partial charge in [0.25, 0.3) is 17.3 Å². The van der Waals surface area contributed by atoms with Gasteiger partial charge in [-0.1, -0.05) is 42.5 Å². The summed E-state index contributed by atoms with van der Waals surface area (Å²) in [5, 5.41) is 24.5. The van der Waals surface area contributed by atoms with Crippen LogP contribution >= 0.6 is 0 Å². The molecule has 2 heterocycles. The van der Waals surface area contributed by atoms with Crippen LogP contribution in [0, 0.1) is 20.2 Å². The van der Waals surface area contributed by atoms with Gasteiger partial charge >= 0.3 is 0 Å².